The molecule has 0 aliphatic heterocycles. The zero-order chi connectivity index (χ0) is 16.1. The Morgan fingerprint density at radius 3 is 2.13 bits per heavy atom. The number of carbonyl (C=O) groups excluding carboxylic acids is 1. The second-order valence-corrected chi connectivity index (χ2v) is 4.39. The first-order valence-electron chi connectivity index (χ1n) is 6.44. The maximum atomic E-state index is 12.2. The van der Waals surface area contributed by atoms with Crippen LogP contribution in [0.1, 0.15) is 15.9 Å². The number of esters is 1. The maximum absolute atomic E-state index is 12.2. The molecule has 0 aliphatic carbocycles. The van der Waals surface area contributed by atoms with Crippen molar-refractivity contribution in [3.8, 4) is 17.2 Å². The van der Waals surface area contributed by atoms with Crippen LogP contribution in [0.15, 0.2) is 42.5 Å². The van der Waals surface area contributed by atoms with Crippen molar-refractivity contribution in [1.29, 1.82) is 5.41 Å². The van der Waals surface area contributed by atoms with Gasteiger partial charge < -0.3 is 19.9 Å². The third-order valence-electron chi connectivity index (χ3n) is 3.00. The summed E-state index contributed by atoms with van der Waals surface area (Å²) in [6, 6.07) is 11.2. The number of methoxy groups -OCH3 is 2. The maximum Gasteiger partial charge on any atom is 0.347 e. The van der Waals surface area contributed by atoms with E-state index >= 15 is 0 Å². The molecular formula is C16H17ClN2O4. The van der Waals surface area contributed by atoms with Gasteiger partial charge in [-0.15, -0.1) is 12.4 Å². The Hall–Kier alpha value is -2.73. The second-order valence-electron chi connectivity index (χ2n) is 4.39. The summed E-state index contributed by atoms with van der Waals surface area (Å²) in [5.74, 6) is 0.710. The van der Waals surface area contributed by atoms with E-state index in [1.807, 2.05) is 0 Å². The molecule has 0 fully saturated rings. The number of rotatable bonds is 5. The van der Waals surface area contributed by atoms with E-state index in [9.17, 15) is 4.79 Å². The molecule has 2 aromatic rings. The standard InChI is InChI=1S/C16H16N2O4.ClH/c1-20-12-7-8-13(14(9-12)21-2)16(19)22-11-5-3-10(4-6-11)15(17)18;/h3-9H,1-2H3,(H3,17,18);1H. The van der Waals surface area contributed by atoms with Gasteiger partial charge in [-0.3, -0.25) is 5.41 Å². The molecule has 0 aliphatic rings. The van der Waals surface area contributed by atoms with Crippen LogP contribution in [0.4, 0.5) is 0 Å². The Morgan fingerprint density at radius 1 is 1.00 bits per heavy atom. The quantitative estimate of drug-likeness (QED) is 0.379. The van der Waals surface area contributed by atoms with Gasteiger partial charge in [0.25, 0.3) is 0 Å². The lowest BCUT2D eigenvalue weighted by molar-refractivity contribution is 0.0731. The molecule has 0 amide bonds. The minimum absolute atomic E-state index is 0. The van der Waals surface area contributed by atoms with E-state index < -0.39 is 5.97 Å². The van der Waals surface area contributed by atoms with Gasteiger partial charge in [0, 0.05) is 11.6 Å². The van der Waals surface area contributed by atoms with Crippen LogP contribution in [-0.2, 0) is 0 Å². The van der Waals surface area contributed by atoms with Crippen molar-refractivity contribution < 1.29 is 19.0 Å². The summed E-state index contributed by atoms with van der Waals surface area (Å²) in [6.07, 6.45) is 0. The minimum Gasteiger partial charge on any atom is -0.497 e. The van der Waals surface area contributed by atoms with Crippen LogP contribution in [0, 0.1) is 5.41 Å². The second kappa shape index (κ2) is 8.05. The molecule has 122 valence electrons. The SMILES string of the molecule is COc1ccc(C(=O)Oc2ccc(C(=N)N)cc2)c(OC)c1.Cl. The lowest BCUT2D eigenvalue weighted by Gasteiger charge is -2.10. The van der Waals surface area contributed by atoms with Crippen molar-refractivity contribution in [2.24, 2.45) is 5.73 Å². The Labute approximate surface area is 140 Å². The van der Waals surface area contributed by atoms with Crippen LogP contribution in [0.25, 0.3) is 0 Å². The van der Waals surface area contributed by atoms with E-state index in [0.29, 0.717) is 28.4 Å². The highest BCUT2D eigenvalue weighted by Crippen LogP contribution is 2.26. The fourth-order valence-corrected chi connectivity index (χ4v) is 1.83. The summed E-state index contributed by atoms with van der Waals surface area (Å²) in [6.45, 7) is 0. The van der Waals surface area contributed by atoms with Crippen LogP contribution in [-0.4, -0.2) is 26.0 Å². The molecule has 0 spiro atoms. The first-order chi connectivity index (χ1) is 10.5. The van der Waals surface area contributed by atoms with Crippen molar-refractivity contribution in [1.82, 2.24) is 0 Å². The fraction of sp³-hybridized carbons (Fsp3) is 0.125. The van der Waals surface area contributed by atoms with Gasteiger partial charge >= 0.3 is 5.97 Å². The number of nitrogens with one attached hydrogen (secondary N) is 1. The molecule has 0 radical (unpaired) electrons. The van der Waals surface area contributed by atoms with Crippen LogP contribution in [0.2, 0.25) is 0 Å². The third-order valence-corrected chi connectivity index (χ3v) is 3.00. The summed E-state index contributed by atoms with van der Waals surface area (Å²) < 4.78 is 15.5. The van der Waals surface area contributed by atoms with Gasteiger partial charge in [0.15, 0.2) is 0 Å². The topological polar surface area (TPSA) is 94.6 Å². The minimum atomic E-state index is -0.546. The Bertz CT molecular complexity index is 702. The zero-order valence-electron chi connectivity index (χ0n) is 12.7. The van der Waals surface area contributed by atoms with Gasteiger partial charge in [0.05, 0.1) is 14.2 Å². The number of amidine groups is 1. The summed E-state index contributed by atoms with van der Waals surface area (Å²) in [5, 5.41) is 7.32. The molecule has 2 aromatic carbocycles. The number of halogens is 1. The third kappa shape index (κ3) is 4.37. The summed E-state index contributed by atoms with van der Waals surface area (Å²) in [4.78, 5) is 12.2. The van der Waals surface area contributed by atoms with Gasteiger partial charge in [-0.05, 0) is 36.4 Å². The summed E-state index contributed by atoms with van der Waals surface area (Å²) >= 11 is 0. The predicted molar refractivity (Wildman–Crippen MR) is 89.2 cm³/mol. The number of hydrogen-bond acceptors (Lipinski definition) is 5. The molecule has 0 saturated heterocycles. The largest absolute Gasteiger partial charge is 0.497 e. The lowest BCUT2D eigenvalue weighted by Crippen LogP contribution is -2.12. The van der Waals surface area contributed by atoms with Crippen LogP contribution < -0.4 is 19.9 Å². The number of nitrogen functional groups attached to an aromatic ring is 1. The van der Waals surface area contributed by atoms with Crippen LogP contribution in [0.3, 0.4) is 0 Å². The van der Waals surface area contributed by atoms with Crippen molar-refractivity contribution in [3.63, 3.8) is 0 Å². The average Bonchev–Trinajstić information content (AvgIpc) is 2.54. The molecule has 6 nitrogen and oxygen atoms in total. The van der Waals surface area contributed by atoms with E-state index in [2.05, 4.69) is 0 Å². The number of carbonyl (C=O) groups is 1. The van der Waals surface area contributed by atoms with E-state index in [4.69, 9.17) is 25.4 Å². The zero-order valence-corrected chi connectivity index (χ0v) is 13.5. The molecule has 0 atom stereocenters. The Morgan fingerprint density at radius 2 is 1.61 bits per heavy atom. The molecule has 3 N–H and O–H groups in total. The number of ether oxygens (including phenoxy) is 3. The van der Waals surface area contributed by atoms with E-state index in [1.54, 1.807) is 42.5 Å². The van der Waals surface area contributed by atoms with Gasteiger partial charge in [0.2, 0.25) is 0 Å². The highest BCUT2D eigenvalue weighted by atomic mass is 35.5. The first kappa shape index (κ1) is 18.3. The fourth-order valence-electron chi connectivity index (χ4n) is 1.83. The predicted octanol–water partition coefficient (Wildman–Crippen LogP) is 2.63. The molecule has 2 rings (SSSR count). The van der Waals surface area contributed by atoms with Gasteiger partial charge in [-0.25, -0.2) is 4.79 Å². The molecule has 0 unspecified atom stereocenters. The van der Waals surface area contributed by atoms with E-state index in [0.717, 1.165) is 0 Å². The van der Waals surface area contributed by atoms with Crippen molar-refractivity contribution in [2.75, 3.05) is 14.2 Å². The van der Waals surface area contributed by atoms with Crippen molar-refractivity contribution in [3.05, 3.63) is 53.6 Å². The highest BCUT2D eigenvalue weighted by molar-refractivity contribution is 5.96. The van der Waals surface area contributed by atoms with Crippen LogP contribution >= 0.6 is 12.4 Å². The number of hydrogen-bond donors (Lipinski definition) is 2. The smallest absolute Gasteiger partial charge is 0.347 e. The molecule has 0 aromatic heterocycles. The van der Waals surface area contributed by atoms with Crippen LogP contribution in [0.5, 0.6) is 17.2 Å². The monoisotopic (exact) mass is 336 g/mol. The Kier molecular flexibility index (Phi) is 6.41. The lowest BCUT2D eigenvalue weighted by atomic mass is 10.2. The molecule has 23 heavy (non-hydrogen) atoms. The van der Waals surface area contributed by atoms with Crippen molar-refractivity contribution >= 4 is 24.2 Å². The van der Waals surface area contributed by atoms with Gasteiger partial charge in [0.1, 0.15) is 28.6 Å². The normalized spacial score (nSPS) is 9.48. The number of benzene rings is 2. The van der Waals surface area contributed by atoms with Gasteiger partial charge in [-0.2, -0.15) is 0 Å². The van der Waals surface area contributed by atoms with E-state index in [1.165, 1.54) is 14.2 Å². The Balaban J connectivity index is 0.00000264. The molecule has 7 heteroatoms. The first-order valence-corrected chi connectivity index (χ1v) is 6.44. The average molecular weight is 337 g/mol. The molecule has 0 saturated carbocycles. The molecular weight excluding hydrogens is 320 g/mol. The summed E-state index contributed by atoms with van der Waals surface area (Å²) in [5.41, 5.74) is 6.22. The van der Waals surface area contributed by atoms with Crippen molar-refractivity contribution in [2.45, 2.75) is 0 Å². The molecule has 0 bridgehead atoms. The number of nitrogens with two attached hydrogens (primary N) is 1. The van der Waals surface area contributed by atoms with Gasteiger partial charge in [-0.1, -0.05) is 0 Å². The van der Waals surface area contributed by atoms with E-state index in [-0.39, 0.29) is 18.2 Å². The highest BCUT2D eigenvalue weighted by Gasteiger charge is 2.15. The molecule has 0 heterocycles. The summed E-state index contributed by atoms with van der Waals surface area (Å²) in [7, 11) is 3.00.